The Hall–Kier alpha value is -1.63. The Balaban J connectivity index is 2.33. The van der Waals surface area contributed by atoms with E-state index >= 15 is 0 Å². The molecule has 0 aromatic carbocycles. The van der Waals surface area contributed by atoms with Crippen LogP contribution in [0.25, 0.3) is 0 Å². The van der Waals surface area contributed by atoms with E-state index in [-0.39, 0.29) is 5.92 Å². The van der Waals surface area contributed by atoms with Gasteiger partial charge in [-0.15, -0.1) is 11.3 Å². The van der Waals surface area contributed by atoms with Crippen LogP contribution in [-0.4, -0.2) is 34.7 Å². The monoisotopic (exact) mass is 285 g/mol. The van der Waals surface area contributed by atoms with Crippen LogP contribution in [0.15, 0.2) is 5.38 Å². The van der Waals surface area contributed by atoms with Crippen molar-refractivity contribution in [1.29, 1.82) is 0 Å². The van der Waals surface area contributed by atoms with Gasteiger partial charge in [0.25, 0.3) is 0 Å². The zero-order valence-electron chi connectivity index (χ0n) is 11.3. The molecule has 1 rings (SSSR count). The molecule has 0 spiro atoms. The normalized spacial score (nSPS) is 12.2. The minimum atomic E-state index is -1.03. The second-order valence-corrected chi connectivity index (χ2v) is 5.63. The van der Waals surface area contributed by atoms with Crippen LogP contribution in [0.1, 0.15) is 24.5 Å². The number of thiazole rings is 1. The van der Waals surface area contributed by atoms with Crippen molar-refractivity contribution >= 4 is 23.3 Å². The van der Waals surface area contributed by atoms with Crippen LogP contribution in [0.3, 0.4) is 0 Å². The summed E-state index contributed by atoms with van der Waals surface area (Å²) in [5, 5.41) is 17.0. The lowest BCUT2D eigenvalue weighted by molar-refractivity contribution is -0.140. The summed E-state index contributed by atoms with van der Waals surface area (Å²) in [5.41, 5.74) is 0.932. The summed E-state index contributed by atoms with van der Waals surface area (Å²) in [6.07, 6.45) is 0.636. The zero-order valence-corrected chi connectivity index (χ0v) is 12.1. The predicted molar refractivity (Wildman–Crippen MR) is 73.4 cm³/mol. The van der Waals surface area contributed by atoms with Crippen molar-refractivity contribution < 1.29 is 14.7 Å². The number of aliphatic carboxylic acids is 1. The van der Waals surface area contributed by atoms with Crippen LogP contribution >= 0.6 is 11.3 Å². The Bertz CT molecular complexity index is 445. The fourth-order valence-corrected chi connectivity index (χ4v) is 2.18. The third kappa shape index (κ3) is 5.25. The predicted octanol–water partition coefficient (Wildman–Crippen LogP) is 1.40. The number of rotatable bonds is 6. The van der Waals surface area contributed by atoms with Crippen molar-refractivity contribution in [2.75, 3.05) is 6.54 Å². The first-order chi connectivity index (χ1) is 8.90. The third-order valence-electron chi connectivity index (χ3n) is 2.55. The van der Waals surface area contributed by atoms with Crippen LogP contribution in [-0.2, 0) is 11.2 Å². The molecule has 0 saturated carbocycles. The van der Waals surface area contributed by atoms with Crippen molar-refractivity contribution in [2.45, 2.75) is 33.2 Å². The van der Waals surface area contributed by atoms with Crippen LogP contribution < -0.4 is 10.6 Å². The Morgan fingerprint density at radius 2 is 2.16 bits per heavy atom. The van der Waals surface area contributed by atoms with Gasteiger partial charge in [-0.1, -0.05) is 13.8 Å². The van der Waals surface area contributed by atoms with E-state index in [0.717, 1.165) is 10.7 Å². The summed E-state index contributed by atoms with van der Waals surface area (Å²) < 4.78 is 0. The van der Waals surface area contributed by atoms with Gasteiger partial charge in [-0.05, 0) is 12.8 Å². The molecule has 1 aromatic rings. The molecule has 2 amide bonds. The number of carboxylic acid groups (broad SMARTS) is 1. The smallest absolute Gasteiger partial charge is 0.326 e. The Morgan fingerprint density at radius 1 is 1.47 bits per heavy atom. The number of hydrogen-bond donors (Lipinski definition) is 3. The highest BCUT2D eigenvalue weighted by Gasteiger charge is 2.22. The molecule has 106 valence electrons. The summed E-state index contributed by atoms with van der Waals surface area (Å²) in [6, 6.07) is -1.34. The summed E-state index contributed by atoms with van der Waals surface area (Å²) in [7, 11) is 0. The molecule has 3 N–H and O–H groups in total. The first kappa shape index (κ1) is 15.4. The Kier molecular flexibility index (Phi) is 5.75. The molecule has 1 heterocycles. The fraction of sp³-hybridized carbons (Fsp3) is 0.583. The van der Waals surface area contributed by atoms with Gasteiger partial charge in [0.15, 0.2) is 0 Å². The van der Waals surface area contributed by atoms with E-state index in [9.17, 15) is 9.59 Å². The molecular formula is C12H19N3O3S. The van der Waals surface area contributed by atoms with Gasteiger partial charge in [0.1, 0.15) is 6.04 Å². The highest BCUT2D eigenvalue weighted by molar-refractivity contribution is 7.09. The van der Waals surface area contributed by atoms with Gasteiger partial charge >= 0.3 is 12.0 Å². The van der Waals surface area contributed by atoms with Crippen molar-refractivity contribution in [1.82, 2.24) is 15.6 Å². The molecular weight excluding hydrogens is 266 g/mol. The SMILES string of the molecule is Cc1nc(CCNC(=O)N[C@@H](C(=O)O)C(C)C)cs1. The quantitative estimate of drug-likeness (QED) is 0.737. The molecule has 0 aliphatic heterocycles. The van der Waals surface area contributed by atoms with E-state index in [0.29, 0.717) is 13.0 Å². The van der Waals surface area contributed by atoms with Gasteiger partial charge in [0.2, 0.25) is 0 Å². The van der Waals surface area contributed by atoms with E-state index < -0.39 is 18.0 Å². The zero-order chi connectivity index (χ0) is 14.4. The average molecular weight is 285 g/mol. The molecule has 0 aliphatic carbocycles. The fourth-order valence-electron chi connectivity index (χ4n) is 1.53. The molecule has 0 fully saturated rings. The summed E-state index contributed by atoms with van der Waals surface area (Å²) in [4.78, 5) is 26.8. The maximum Gasteiger partial charge on any atom is 0.326 e. The van der Waals surface area contributed by atoms with Crippen LogP contribution in [0.2, 0.25) is 0 Å². The molecule has 19 heavy (non-hydrogen) atoms. The van der Waals surface area contributed by atoms with E-state index in [1.165, 1.54) is 0 Å². The lowest BCUT2D eigenvalue weighted by Gasteiger charge is -2.18. The molecule has 0 bridgehead atoms. The lowest BCUT2D eigenvalue weighted by Crippen LogP contribution is -2.48. The molecule has 0 aliphatic rings. The van der Waals surface area contributed by atoms with E-state index in [2.05, 4.69) is 15.6 Å². The van der Waals surface area contributed by atoms with E-state index in [1.807, 2.05) is 12.3 Å². The number of carboxylic acids is 1. The Labute approximate surface area is 116 Å². The van der Waals surface area contributed by atoms with Gasteiger partial charge in [0.05, 0.1) is 10.7 Å². The number of hydrogen-bond acceptors (Lipinski definition) is 4. The molecule has 0 saturated heterocycles. The number of urea groups is 1. The molecule has 0 unspecified atom stereocenters. The van der Waals surface area contributed by atoms with Gasteiger partial charge in [-0.2, -0.15) is 0 Å². The minimum absolute atomic E-state index is 0.163. The van der Waals surface area contributed by atoms with Crippen LogP contribution in [0.5, 0.6) is 0 Å². The highest BCUT2D eigenvalue weighted by Crippen LogP contribution is 2.07. The average Bonchev–Trinajstić information content (AvgIpc) is 2.71. The second-order valence-electron chi connectivity index (χ2n) is 4.57. The number of carbonyl (C=O) groups excluding carboxylic acids is 1. The summed E-state index contributed by atoms with van der Waals surface area (Å²) in [5.74, 6) is -1.19. The number of aryl methyl sites for hydroxylation is 1. The highest BCUT2D eigenvalue weighted by atomic mass is 32.1. The first-order valence-corrected chi connectivity index (χ1v) is 6.96. The van der Waals surface area contributed by atoms with Crippen LogP contribution in [0.4, 0.5) is 4.79 Å². The number of aromatic nitrogens is 1. The summed E-state index contributed by atoms with van der Waals surface area (Å²) >= 11 is 1.56. The topological polar surface area (TPSA) is 91.3 Å². The van der Waals surface area contributed by atoms with Gasteiger partial charge in [-0.25, -0.2) is 14.6 Å². The second kappa shape index (κ2) is 7.08. The van der Waals surface area contributed by atoms with E-state index in [1.54, 1.807) is 25.2 Å². The number of nitrogens with zero attached hydrogens (tertiary/aromatic N) is 1. The van der Waals surface area contributed by atoms with Crippen molar-refractivity contribution in [3.05, 3.63) is 16.1 Å². The number of nitrogens with one attached hydrogen (secondary N) is 2. The van der Waals surface area contributed by atoms with Crippen molar-refractivity contribution in [2.24, 2.45) is 5.92 Å². The third-order valence-corrected chi connectivity index (χ3v) is 3.37. The standard InChI is InChI=1S/C12H19N3O3S/c1-7(2)10(11(16)17)15-12(18)13-5-4-9-6-19-8(3)14-9/h6-7,10H,4-5H2,1-3H3,(H,16,17)(H2,13,15,18)/t10-/m1/s1. The van der Waals surface area contributed by atoms with Gasteiger partial charge in [0, 0.05) is 18.3 Å². The molecule has 1 aromatic heterocycles. The molecule has 6 nitrogen and oxygen atoms in total. The first-order valence-electron chi connectivity index (χ1n) is 6.08. The maximum absolute atomic E-state index is 11.6. The number of carbonyl (C=O) groups is 2. The molecule has 0 radical (unpaired) electrons. The lowest BCUT2D eigenvalue weighted by atomic mass is 10.1. The summed E-state index contributed by atoms with van der Waals surface area (Å²) in [6.45, 7) is 5.85. The Morgan fingerprint density at radius 3 is 2.63 bits per heavy atom. The number of amides is 2. The van der Waals surface area contributed by atoms with Crippen LogP contribution in [0, 0.1) is 12.8 Å². The molecule has 1 atom stereocenters. The largest absolute Gasteiger partial charge is 0.480 e. The van der Waals surface area contributed by atoms with Gasteiger partial charge < -0.3 is 15.7 Å². The van der Waals surface area contributed by atoms with E-state index in [4.69, 9.17) is 5.11 Å². The minimum Gasteiger partial charge on any atom is -0.480 e. The van der Waals surface area contributed by atoms with Crippen molar-refractivity contribution in [3.8, 4) is 0 Å². The van der Waals surface area contributed by atoms with Gasteiger partial charge in [-0.3, -0.25) is 0 Å². The van der Waals surface area contributed by atoms with Crippen molar-refractivity contribution in [3.63, 3.8) is 0 Å². The molecule has 7 heteroatoms. The maximum atomic E-state index is 11.6.